The lowest BCUT2D eigenvalue weighted by molar-refractivity contribution is -0.139. The summed E-state index contributed by atoms with van der Waals surface area (Å²) in [5, 5.41) is 2.30. The number of thiazole rings is 1. The Bertz CT molecular complexity index is 2170. The Morgan fingerprint density at radius 3 is 2.46 bits per heavy atom. The van der Waals surface area contributed by atoms with Crippen molar-refractivity contribution in [1.29, 1.82) is 0 Å². The van der Waals surface area contributed by atoms with Gasteiger partial charge in [0.2, 0.25) is 0 Å². The third-order valence-electron chi connectivity index (χ3n) is 7.91. The van der Waals surface area contributed by atoms with Gasteiger partial charge in [-0.25, -0.2) is 9.79 Å². The van der Waals surface area contributed by atoms with E-state index in [1.54, 1.807) is 18.4 Å². The Morgan fingerprint density at radius 1 is 0.938 bits per heavy atom. The van der Waals surface area contributed by atoms with Crippen LogP contribution >= 0.6 is 11.3 Å². The van der Waals surface area contributed by atoms with Crippen LogP contribution in [0.5, 0.6) is 17.2 Å². The van der Waals surface area contributed by atoms with Gasteiger partial charge in [-0.3, -0.25) is 9.36 Å². The lowest BCUT2D eigenvalue weighted by Gasteiger charge is -2.25. The number of aromatic nitrogens is 1. The molecule has 0 aliphatic carbocycles. The van der Waals surface area contributed by atoms with Crippen molar-refractivity contribution in [2.45, 2.75) is 53.4 Å². The smallest absolute Gasteiger partial charge is 0.338 e. The molecule has 0 radical (unpaired) electrons. The molecule has 1 aliphatic heterocycles. The van der Waals surface area contributed by atoms with Crippen LogP contribution in [0.4, 0.5) is 0 Å². The van der Waals surface area contributed by atoms with Crippen LogP contribution in [0.2, 0.25) is 0 Å². The molecule has 0 unspecified atom stereocenters. The normalized spacial score (nSPS) is 14.5. The number of hydrogen-bond donors (Lipinski definition) is 0. The fourth-order valence-electron chi connectivity index (χ4n) is 5.83. The molecule has 0 saturated carbocycles. The van der Waals surface area contributed by atoms with Crippen molar-refractivity contribution in [3.8, 4) is 17.2 Å². The highest BCUT2D eigenvalue weighted by Crippen LogP contribution is 2.33. The zero-order valence-electron chi connectivity index (χ0n) is 27.7. The van der Waals surface area contributed by atoms with Crippen LogP contribution in [0.3, 0.4) is 0 Å². The molecule has 8 nitrogen and oxygen atoms in total. The van der Waals surface area contributed by atoms with Crippen molar-refractivity contribution in [1.82, 2.24) is 4.57 Å². The SMILES string of the molecule is CCOC(=O)C1=C(C)N=c2s/c(=C\c3ccc(OCc4cccc5ccccc45)c(OCC)c3)c(=O)n2[C@H]1c1ccc(OC(C)C)cc1. The summed E-state index contributed by atoms with van der Waals surface area (Å²) in [6, 6.07) is 26.8. The van der Waals surface area contributed by atoms with Crippen molar-refractivity contribution in [3.05, 3.63) is 133 Å². The van der Waals surface area contributed by atoms with Gasteiger partial charge in [-0.05, 0) is 92.4 Å². The third kappa shape index (κ3) is 6.78. The molecule has 4 aromatic carbocycles. The number of esters is 1. The summed E-state index contributed by atoms with van der Waals surface area (Å²) >= 11 is 1.27. The van der Waals surface area contributed by atoms with Crippen molar-refractivity contribution < 1.29 is 23.7 Å². The second kappa shape index (κ2) is 14.3. The van der Waals surface area contributed by atoms with Gasteiger partial charge in [0, 0.05) is 0 Å². The predicted octanol–water partition coefficient (Wildman–Crippen LogP) is 6.72. The average molecular weight is 663 g/mol. The minimum Gasteiger partial charge on any atom is -0.491 e. The van der Waals surface area contributed by atoms with Crippen LogP contribution in [0.1, 0.15) is 57.4 Å². The molecule has 6 rings (SSSR count). The zero-order chi connectivity index (χ0) is 33.8. The van der Waals surface area contributed by atoms with E-state index in [1.165, 1.54) is 11.3 Å². The van der Waals surface area contributed by atoms with E-state index in [9.17, 15) is 9.59 Å². The first kappa shape index (κ1) is 32.8. The number of allylic oxidation sites excluding steroid dienone is 1. The van der Waals surface area contributed by atoms with Crippen LogP contribution in [0, 0.1) is 0 Å². The van der Waals surface area contributed by atoms with E-state index in [2.05, 4.69) is 24.3 Å². The maximum Gasteiger partial charge on any atom is 0.338 e. The lowest BCUT2D eigenvalue weighted by atomic mass is 9.96. The van der Waals surface area contributed by atoms with Crippen molar-refractivity contribution in [2.24, 2.45) is 4.99 Å². The first-order chi connectivity index (χ1) is 23.3. The van der Waals surface area contributed by atoms with E-state index in [0.717, 1.165) is 27.5 Å². The number of carbonyl (C=O) groups is 1. The number of nitrogens with zero attached hydrogens (tertiary/aromatic N) is 2. The second-order valence-electron chi connectivity index (χ2n) is 11.6. The van der Waals surface area contributed by atoms with Crippen molar-refractivity contribution in [2.75, 3.05) is 13.2 Å². The average Bonchev–Trinajstić information content (AvgIpc) is 3.37. The molecule has 9 heteroatoms. The fourth-order valence-corrected chi connectivity index (χ4v) is 6.88. The maximum absolute atomic E-state index is 14.1. The van der Waals surface area contributed by atoms with E-state index < -0.39 is 12.0 Å². The molecule has 1 aromatic heterocycles. The quantitative estimate of drug-likeness (QED) is 0.146. The Kier molecular flexibility index (Phi) is 9.77. The Balaban J connectivity index is 1.37. The number of carbonyl (C=O) groups excluding carboxylic acids is 1. The van der Waals surface area contributed by atoms with Gasteiger partial charge in [0.05, 0.1) is 41.2 Å². The van der Waals surface area contributed by atoms with Crippen LogP contribution in [-0.4, -0.2) is 29.9 Å². The fraction of sp³-hybridized carbons (Fsp3) is 0.256. The molecule has 0 amide bonds. The molecule has 246 valence electrons. The number of ether oxygens (including phenoxy) is 4. The number of hydrogen-bond acceptors (Lipinski definition) is 8. The Labute approximate surface area is 283 Å². The van der Waals surface area contributed by atoms with E-state index in [-0.39, 0.29) is 18.3 Å². The topological polar surface area (TPSA) is 88.4 Å². The van der Waals surface area contributed by atoms with Gasteiger partial charge in [-0.1, -0.05) is 72.0 Å². The van der Waals surface area contributed by atoms with Gasteiger partial charge in [0.15, 0.2) is 16.3 Å². The number of rotatable bonds is 11. The minimum atomic E-state index is -0.709. The molecule has 0 N–H and O–H groups in total. The maximum atomic E-state index is 14.1. The van der Waals surface area contributed by atoms with E-state index in [0.29, 0.717) is 51.1 Å². The standard InChI is InChI=1S/C39H38N2O6S/c1-6-44-33-21-26(15-20-32(33)46-23-29-13-10-12-27-11-8-9-14-31(27)29)22-34-37(42)41-36(28-16-18-30(19-17-28)47-24(3)4)35(38(43)45-7-2)25(5)40-39(41)48-34/h8-22,24,36H,6-7,23H2,1-5H3/b34-22-/t36-/m0/s1. The minimum absolute atomic E-state index is 0.0128. The largest absolute Gasteiger partial charge is 0.491 e. The van der Waals surface area contributed by atoms with Gasteiger partial charge in [0.25, 0.3) is 5.56 Å². The second-order valence-corrected chi connectivity index (χ2v) is 12.6. The molecule has 1 atom stereocenters. The predicted molar refractivity (Wildman–Crippen MR) is 188 cm³/mol. The highest BCUT2D eigenvalue weighted by Gasteiger charge is 2.33. The summed E-state index contributed by atoms with van der Waals surface area (Å²) in [7, 11) is 0. The van der Waals surface area contributed by atoms with Gasteiger partial charge in [0.1, 0.15) is 12.4 Å². The molecule has 0 spiro atoms. The summed E-state index contributed by atoms with van der Waals surface area (Å²) < 4.78 is 25.6. The van der Waals surface area contributed by atoms with Crippen molar-refractivity contribution >= 4 is 34.2 Å². The molecule has 0 bridgehead atoms. The van der Waals surface area contributed by atoms with E-state index in [4.69, 9.17) is 23.9 Å². The molecule has 5 aromatic rings. The molecule has 2 heterocycles. The molecule has 0 saturated heterocycles. The molecular weight excluding hydrogens is 625 g/mol. The highest BCUT2D eigenvalue weighted by molar-refractivity contribution is 7.07. The van der Waals surface area contributed by atoms with Crippen LogP contribution < -0.4 is 29.1 Å². The van der Waals surface area contributed by atoms with Gasteiger partial charge < -0.3 is 18.9 Å². The first-order valence-corrected chi connectivity index (χ1v) is 16.9. The lowest BCUT2D eigenvalue weighted by Crippen LogP contribution is -2.39. The van der Waals surface area contributed by atoms with Gasteiger partial charge >= 0.3 is 5.97 Å². The van der Waals surface area contributed by atoms with Crippen LogP contribution in [0.15, 0.2) is 106 Å². The van der Waals surface area contributed by atoms with Crippen LogP contribution in [-0.2, 0) is 16.1 Å². The molecule has 48 heavy (non-hydrogen) atoms. The molecule has 0 fully saturated rings. The highest BCUT2D eigenvalue weighted by atomic mass is 32.1. The molecular formula is C39H38N2O6S. The Morgan fingerprint density at radius 2 is 1.71 bits per heavy atom. The number of benzene rings is 4. The molecule has 1 aliphatic rings. The summed E-state index contributed by atoms with van der Waals surface area (Å²) in [5.41, 5.74) is 3.20. The van der Waals surface area contributed by atoms with Crippen molar-refractivity contribution in [3.63, 3.8) is 0 Å². The van der Waals surface area contributed by atoms with E-state index in [1.807, 2.05) is 87.5 Å². The van der Waals surface area contributed by atoms with E-state index >= 15 is 0 Å². The summed E-state index contributed by atoms with van der Waals surface area (Å²) in [4.78, 5) is 32.6. The monoisotopic (exact) mass is 662 g/mol. The summed E-state index contributed by atoms with van der Waals surface area (Å²) in [5.74, 6) is 1.40. The summed E-state index contributed by atoms with van der Waals surface area (Å²) in [6.45, 7) is 10.4. The zero-order valence-corrected chi connectivity index (χ0v) is 28.5. The number of fused-ring (bicyclic) bond motifs is 2. The van der Waals surface area contributed by atoms with Crippen LogP contribution in [0.25, 0.3) is 16.8 Å². The Hall–Kier alpha value is -5.15. The van der Waals surface area contributed by atoms with Gasteiger partial charge in [-0.2, -0.15) is 0 Å². The van der Waals surface area contributed by atoms with Gasteiger partial charge in [-0.15, -0.1) is 0 Å². The summed E-state index contributed by atoms with van der Waals surface area (Å²) in [6.07, 6.45) is 1.83. The first-order valence-electron chi connectivity index (χ1n) is 16.1. The third-order valence-corrected chi connectivity index (χ3v) is 8.90.